The quantitative estimate of drug-likeness (QED) is 0.663. The van der Waals surface area contributed by atoms with Crippen LogP contribution < -0.4 is 5.11 Å². The number of carbonyl (C=O) groups excluding carboxylic acids is 1. The summed E-state index contributed by atoms with van der Waals surface area (Å²) in [6, 6.07) is 0. The summed E-state index contributed by atoms with van der Waals surface area (Å²) in [6.45, 7) is 4.19. The first-order chi connectivity index (χ1) is 6.58. The average molecular weight is 221 g/mol. The minimum absolute atomic E-state index is 0.580. The van der Waals surface area contributed by atoms with Crippen LogP contribution in [-0.2, 0) is 4.79 Å². The Morgan fingerprint density at radius 2 is 1.87 bits per heavy atom. The van der Waals surface area contributed by atoms with Crippen LogP contribution in [0.15, 0.2) is 11.6 Å². The fourth-order valence-electron chi connectivity index (χ4n) is 1.80. The lowest BCUT2D eigenvalue weighted by Crippen LogP contribution is -2.26. The third-order valence-corrected chi connectivity index (χ3v) is 3.04. The molecule has 5 heteroatoms. The Labute approximate surface area is 85.8 Å². The van der Waals surface area contributed by atoms with Crippen LogP contribution in [0.5, 0.6) is 0 Å². The maximum atomic E-state index is 12.2. The van der Waals surface area contributed by atoms with E-state index in [0.717, 1.165) is 13.0 Å². The molecular formula is C10H12F3O2-. The second-order valence-electron chi connectivity index (χ2n) is 4.49. The van der Waals surface area contributed by atoms with Crippen molar-refractivity contribution in [2.24, 2.45) is 17.3 Å². The van der Waals surface area contributed by atoms with E-state index in [9.17, 15) is 23.1 Å². The Morgan fingerprint density at radius 1 is 1.40 bits per heavy atom. The molecule has 0 aromatic heterocycles. The number of carboxylic acid groups (broad SMARTS) is 1. The van der Waals surface area contributed by atoms with Gasteiger partial charge in [0.05, 0.1) is 0 Å². The molecule has 2 nitrogen and oxygen atoms in total. The highest BCUT2D eigenvalue weighted by Gasteiger charge is 2.57. The van der Waals surface area contributed by atoms with Crippen LogP contribution in [0, 0.1) is 17.3 Å². The van der Waals surface area contributed by atoms with E-state index in [1.165, 1.54) is 0 Å². The van der Waals surface area contributed by atoms with Gasteiger partial charge in [0.25, 0.3) is 0 Å². The van der Waals surface area contributed by atoms with Crippen molar-refractivity contribution in [3.05, 3.63) is 11.6 Å². The molecule has 1 fully saturated rings. The molecule has 0 amide bonds. The minimum Gasteiger partial charge on any atom is -0.550 e. The van der Waals surface area contributed by atoms with Crippen LogP contribution in [0.25, 0.3) is 0 Å². The lowest BCUT2D eigenvalue weighted by atomic mass is 10.1. The maximum absolute atomic E-state index is 12.2. The highest BCUT2D eigenvalue weighted by atomic mass is 19.4. The SMILES string of the molecule is CC(=CC1C(C(=O)[O-])C1(C)C)C(F)(F)F. The van der Waals surface area contributed by atoms with Gasteiger partial charge in [0.1, 0.15) is 0 Å². The Kier molecular flexibility index (Phi) is 2.62. The van der Waals surface area contributed by atoms with Gasteiger partial charge in [-0.2, -0.15) is 13.2 Å². The van der Waals surface area contributed by atoms with Gasteiger partial charge in [-0.3, -0.25) is 0 Å². The highest BCUT2D eigenvalue weighted by Crippen LogP contribution is 2.59. The third-order valence-electron chi connectivity index (χ3n) is 3.04. The van der Waals surface area contributed by atoms with Crippen molar-refractivity contribution >= 4 is 5.97 Å². The van der Waals surface area contributed by atoms with Crippen molar-refractivity contribution in [2.75, 3.05) is 0 Å². The molecule has 0 heterocycles. The van der Waals surface area contributed by atoms with Gasteiger partial charge in [-0.1, -0.05) is 19.9 Å². The monoisotopic (exact) mass is 221 g/mol. The van der Waals surface area contributed by atoms with Gasteiger partial charge < -0.3 is 9.90 Å². The minimum atomic E-state index is -4.38. The van der Waals surface area contributed by atoms with Gasteiger partial charge in [0.2, 0.25) is 0 Å². The second-order valence-corrected chi connectivity index (χ2v) is 4.49. The lowest BCUT2D eigenvalue weighted by molar-refractivity contribution is -0.309. The lowest BCUT2D eigenvalue weighted by Gasteiger charge is -2.06. The standard InChI is InChI=1S/C10H13F3O2/c1-5(10(11,12)13)4-6-7(8(14)15)9(6,2)3/h4,6-7H,1-3H3,(H,14,15)/p-1. The number of carbonyl (C=O) groups is 1. The van der Waals surface area contributed by atoms with E-state index in [-0.39, 0.29) is 0 Å². The molecule has 0 bridgehead atoms. The topological polar surface area (TPSA) is 40.1 Å². The molecule has 0 spiro atoms. The predicted molar refractivity (Wildman–Crippen MR) is 45.6 cm³/mol. The molecule has 86 valence electrons. The molecule has 2 unspecified atom stereocenters. The number of alkyl halides is 3. The number of hydrogen-bond donors (Lipinski definition) is 0. The van der Waals surface area contributed by atoms with Crippen LogP contribution in [0.1, 0.15) is 20.8 Å². The Balaban J connectivity index is 2.83. The van der Waals surface area contributed by atoms with Crippen LogP contribution in [0.3, 0.4) is 0 Å². The Bertz CT molecular complexity index is 315. The predicted octanol–water partition coefficient (Wildman–Crippen LogP) is 1.52. The summed E-state index contributed by atoms with van der Waals surface area (Å²) in [5, 5.41) is 10.6. The van der Waals surface area contributed by atoms with Gasteiger partial charge in [-0.25, -0.2) is 0 Å². The number of hydrogen-bond acceptors (Lipinski definition) is 2. The summed E-state index contributed by atoms with van der Waals surface area (Å²) in [4.78, 5) is 10.6. The molecule has 2 atom stereocenters. The number of allylic oxidation sites excluding steroid dienone is 2. The average Bonchev–Trinajstić information content (AvgIpc) is 2.50. The summed E-state index contributed by atoms with van der Waals surface area (Å²) in [5.74, 6) is -2.67. The van der Waals surface area contributed by atoms with Gasteiger partial charge in [-0.05, 0) is 18.3 Å². The van der Waals surface area contributed by atoms with E-state index < -0.39 is 35.0 Å². The smallest absolute Gasteiger partial charge is 0.412 e. The summed E-state index contributed by atoms with van der Waals surface area (Å²) >= 11 is 0. The highest BCUT2D eigenvalue weighted by molar-refractivity contribution is 5.74. The van der Waals surface area contributed by atoms with Crippen LogP contribution in [-0.4, -0.2) is 12.1 Å². The van der Waals surface area contributed by atoms with Crippen molar-refractivity contribution in [3.63, 3.8) is 0 Å². The first kappa shape index (κ1) is 12.1. The molecule has 1 rings (SSSR count). The molecule has 0 saturated heterocycles. The zero-order valence-corrected chi connectivity index (χ0v) is 8.68. The normalized spacial score (nSPS) is 30.1. The van der Waals surface area contributed by atoms with E-state index in [4.69, 9.17) is 0 Å². The summed E-state index contributed by atoms with van der Waals surface area (Å²) in [5.41, 5.74) is -1.38. The number of rotatable bonds is 2. The van der Waals surface area contributed by atoms with Gasteiger partial charge in [-0.15, -0.1) is 0 Å². The Morgan fingerprint density at radius 3 is 2.13 bits per heavy atom. The first-order valence-corrected chi connectivity index (χ1v) is 4.55. The fraction of sp³-hybridized carbons (Fsp3) is 0.700. The van der Waals surface area contributed by atoms with E-state index in [0.29, 0.717) is 0 Å². The van der Waals surface area contributed by atoms with Crippen molar-refractivity contribution in [1.82, 2.24) is 0 Å². The largest absolute Gasteiger partial charge is 0.550 e. The summed E-state index contributed by atoms with van der Waals surface area (Å²) in [6.07, 6.45) is -3.39. The molecule has 0 N–H and O–H groups in total. The van der Waals surface area contributed by atoms with E-state index in [2.05, 4.69) is 0 Å². The van der Waals surface area contributed by atoms with Crippen molar-refractivity contribution in [1.29, 1.82) is 0 Å². The summed E-state index contributed by atoms with van der Waals surface area (Å²) < 4.78 is 36.6. The van der Waals surface area contributed by atoms with Crippen LogP contribution in [0.4, 0.5) is 13.2 Å². The van der Waals surface area contributed by atoms with Gasteiger partial charge in [0, 0.05) is 17.5 Å². The van der Waals surface area contributed by atoms with Crippen LogP contribution >= 0.6 is 0 Å². The number of carboxylic acids is 1. The van der Waals surface area contributed by atoms with Crippen molar-refractivity contribution in [3.8, 4) is 0 Å². The van der Waals surface area contributed by atoms with E-state index in [1.54, 1.807) is 13.8 Å². The van der Waals surface area contributed by atoms with Crippen LogP contribution in [0.2, 0.25) is 0 Å². The fourth-order valence-corrected chi connectivity index (χ4v) is 1.80. The van der Waals surface area contributed by atoms with E-state index in [1.807, 2.05) is 0 Å². The van der Waals surface area contributed by atoms with E-state index >= 15 is 0 Å². The molecule has 1 aliphatic rings. The Hall–Kier alpha value is -1.00. The molecule has 0 aromatic rings. The zero-order chi connectivity index (χ0) is 12.0. The molecule has 1 saturated carbocycles. The summed E-state index contributed by atoms with van der Waals surface area (Å²) in [7, 11) is 0. The molecule has 0 radical (unpaired) electrons. The molecular weight excluding hydrogens is 209 g/mol. The van der Waals surface area contributed by atoms with Crippen molar-refractivity contribution in [2.45, 2.75) is 26.9 Å². The maximum Gasteiger partial charge on any atom is 0.412 e. The van der Waals surface area contributed by atoms with Gasteiger partial charge >= 0.3 is 6.18 Å². The second kappa shape index (κ2) is 3.25. The number of aliphatic carboxylic acids is 1. The third kappa shape index (κ3) is 2.16. The molecule has 0 aliphatic heterocycles. The first-order valence-electron chi connectivity index (χ1n) is 4.55. The molecule has 15 heavy (non-hydrogen) atoms. The van der Waals surface area contributed by atoms with Gasteiger partial charge in [0.15, 0.2) is 0 Å². The zero-order valence-electron chi connectivity index (χ0n) is 8.68. The molecule has 1 aliphatic carbocycles. The van der Waals surface area contributed by atoms with Crippen molar-refractivity contribution < 1.29 is 23.1 Å². The number of halogens is 3. The molecule has 0 aromatic carbocycles.